The van der Waals surface area contributed by atoms with Crippen molar-refractivity contribution in [2.24, 2.45) is 0 Å². The van der Waals surface area contributed by atoms with E-state index >= 15 is 0 Å². The molecule has 0 bridgehead atoms. The van der Waals surface area contributed by atoms with Gasteiger partial charge in [0.05, 0.1) is 0 Å². The van der Waals surface area contributed by atoms with Gasteiger partial charge >= 0.3 is 0 Å². The van der Waals surface area contributed by atoms with E-state index in [2.05, 4.69) is 15.9 Å². The van der Waals surface area contributed by atoms with Crippen LogP contribution in [0.15, 0.2) is 24.3 Å². The van der Waals surface area contributed by atoms with Crippen LogP contribution in [-0.4, -0.2) is 23.3 Å². The van der Waals surface area contributed by atoms with Crippen molar-refractivity contribution < 1.29 is 9.18 Å². The largest absolute Gasteiger partial charge is 0.336 e. The second kappa shape index (κ2) is 5.10. The Hall–Kier alpha value is -0.900. The van der Waals surface area contributed by atoms with E-state index in [1.54, 1.807) is 13.1 Å². The molecule has 4 heteroatoms. The zero-order valence-corrected chi connectivity index (χ0v) is 9.42. The molecular formula is C10H11BrFNO. The Kier molecular flexibility index (Phi) is 4.07. The van der Waals surface area contributed by atoms with Crippen LogP contribution in [0.4, 0.5) is 9.18 Å². The molecule has 0 fully saturated rings. The highest BCUT2D eigenvalue weighted by molar-refractivity contribution is 9.18. The standard InChI is InChI=1S/C10H11BrFNO/c1-13(10(11)14)6-5-8-3-2-4-9(12)7-8/h2-4,7H,5-6H2,1H3. The Labute approximate surface area is 90.8 Å². The lowest BCUT2D eigenvalue weighted by atomic mass is 10.1. The zero-order valence-electron chi connectivity index (χ0n) is 7.84. The molecule has 76 valence electrons. The smallest absolute Gasteiger partial charge is 0.289 e. The maximum atomic E-state index is 12.8. The third-order valence-electron chi connectivity index (χ3n) is 1.93. The minimum atomic E-state index is -0.240. The second-order valence-electron chi connectivity index (χ2n) is 3.05. The molecule has 0 aliphatic rings. The van der Waals surface area contributed by atoms with Crippen LogP contribution < -0.4 is 0 Å². The van der Waals surface area contributed by atoms with Gasteiger partial charge in [0.25, 0.3) is 4.82 Å². The number of nitrogens with zero attached hydrogens (tertiary/aromatic N) is 1. The number of benzene rings is 1. The van der Waals surface area contributed by atoms with Crippen LogP contribution in [-0.2, 0) is 6.42 Å². The molecule has 0 saturated heterocycles. The summed E-state index contributed by atoms with van der Waals surface area (Å²) in [7, 11) is 1.69. The van der Waals surface area contributed by atoms with Gasteiger partial charge in [-0.3, -0.25) is 4.79 Å². The van der Waals surface area contributed by atoms with E-state index in [1.165, 1.54) is 17.0 Å². The molecule has 1 rings (SSSR count). The van der Waals surface area contributed by atoms with E-state index < -0.39 is 0 Å². The minimum Gasteiger partial charge on any atom is -0.336 e. The summed E-state index contributed by atoms with van der Waals surface area (Å²) >= 11 is 2.84. The molecular weight excluding hydrogens is 249 g/mol. The lowest BCUT2D eigenvalue weighted by Crippen LogP contribution is -2.23. The van der Waals surface area contributed by atoms with Crippen LogP contribution in [0.2, 0.25) is 0 Å². The summed E-state index contributed by atoms with van der Waals surface area (Å²) in [6.45, 7) is 0.577. The molecule has 0 heterocycles. The molecule has 0 radical (unpaired) electrons. The van der Waals surface area contributed by atoms with Gasteiger partial charge in [0.2, 0.25) is 0 Å². The van der Waals surface area contributed by atoms with E-state index in [4.69, 9.17) is 0 Å². The van der Waals surface area contributed by atoms with Crippen molar-refractivity contribution in [3.05, 3.63) is 35.6 Å². The number of carbonyl (C=O) groups is 1. The van der Waals surface area contributed by atoms with Gasteiger partial charge in [-0.25, -0.2) is 4.39 Å². The summed E-state index contributed by atoms with van der Waals surface area (Å²) in [6, 6.07) is 6.39. The molecule has 0 spiro atoms. The average molecular weight is 260 g/mol. The summed E-state index contributed by atoms with van der Waals surface area (Å²) in [5.41, 5.74) is 0.894. The molecule has 14 heavy (non-hydrogen) atoms. The van der Waals surface area contributed by atoms with E-state index in [-0.39, 0.29) is 10.6 Å². The topological polar surface area (TPSA) is 20.3 Å². The fourth-order valence-electron chi connectivity index (χ4n) is 1.08. The lowest BCUT2D eigenvalue weighted by Gasteiger charge is -2.12. The first-order chi connectivity index (χ1) is 6.59. The summed E-state index contributed by atoms with van der Waals surface area (Å²) in [5.74, 6) is -0.240. The van der Waals surface area contributed by atoms with Crippen molar-refractivity contribution in [1.29, 1.82) is 0 Å². The third kappa shape index (κ3) is 3.46. The zero-order chi connectivity index (χ0) is 10.6. The van der Waals surface area contributed by atoms with Gasteiger partial charge in [0, 0.05) is 29.5 Å². The normalized spacial score (nSPS) is 9.93. The monoisotopic (exact) mass is 259 g/mol. The molecule has 2 nitrogen and oxygen atoms in total. The average Bonchev–Trinajstić information content (AvgIpc) is 2.14. The van der Waals surface area contributed by atoms with Crippen LogP contribution >= 0.6 is 15.9 Å². The number of rotatable bonds is 3. The first-order valence-corrected chi connectivity index (χ1v) is 5.04. The molecule has 1 aromatic rings. The predicted molar refractivity (Wildman–Crippen MR) is 57.1 cm³/mol. The van der Waals surface area contributed by atoms with Crippen LogP contribution in [0.5, 0.6) is 0 Å². The van der Waals surface area contributed by atoms with Crippen LogP contribution in [0.3, 0.4) is 0 Å². The fourth-order valence-corrected chi connectivity index (χ4v) is 1.25. The van der Waals surface area contributed by atoms with Crippen molar-refractivity contribution in [3.8, 4) is 0 Å². The molecule has 1 aromatic carbocycles. The number of halogens is 2. The molecule has 0 aromatic heterocycles. The third-order valence-corrected chi connectivity index (χ3v) is 2.53. The van der Waals surface area contributed by atoms with Crippen LogP contribution in [0.25, 0.3) is 0 Å². The van der Waals surface area contributed by atoms with Crippen LogP contribution in [0.1, 0.15) is 5.56 Å². The van der Waals surface area contributed by atoms with Crippen molar-refractivity contribution in [1.82, 2.24) is 4.90 Å². The Morgan fingerprint density at radius 3 is 2.86 bits per heavy atom. The maximum Gasteiger partial charge on any atom is 0.289 e. The van der Waals surface area contributed by atoms with Gasteiger partial charge in [-0.2, -0.15) is 0 Å². The van der Waals surface area contributed by atoms with Gasteiger partial charge in [-0.05, 0) is 24.1 Å². The molecule has 1 amide bonds. The Morgan fingerprint density at radius 2 is 2.29 bits per heavy atom. The highest BCUT2D eigenvalue weighted by Gasteiger charge is 2.03. The molecule has 0 N–H and O–H groups in total. The van der Waals surface area contributed by atoms with Gasteiger partial charge in [-0.15, -0.1) is 0 Å². The number of likely N-dealkylation sites (N-methyl/N-ethyl adjacent to an activating group) is 1. The van der Waals surface area contributed by atoms with E-state index in [0.29, 0.717) is 13.0 Å². The second-order valence-corrected chi connectivity index (χ2v) is 3.73. The van der Waals surface area contributed by atoms with Crippen molar-refractivity contribution in [2.45, 2.75) is 6.42 Å². The van der Waals surface area contributed by atoms with E-state index in [1.807, 2.05) is 6.07 Å². The minimum absolute atomic E-state index is 0.158. The van der Waals surface area contributed by atoms with Crippen molar-refractivity contribution in [3.63, 3.8) is 0 Å². The summed E-state index contributed by atoms with van der Waals surface area (Å²) in [5, 5.41) is 0. The molecule has 0 aliphatic carbocycles. The van der Waals surface area contributed by atoms with Gasteiger partial charge in [0.1, 0.15) is 5.82 Å². The fraction of sp³-hybridized carbons (Fsp3) is 0.300. The molecule has 0 aliphatic heterocycles. The highest BCUT2D eigenvalue weighted by Crippen LogP contribution is 2.05. The number of amides is 1. The van der Waals surface area contributed by atoms with Gasteiger partial charge in [-0.1, -0.05) is 12.1 Å². The first kappa shape index (κ1) is 11.2. The van der Waals surface area contributed by atoms with E-state index in [9.17, 15) is 9.18 Å². The summed E-state index contributed by atoms with van der Waals surface area (Å²) in [6.07, 6.45) is 0.658. The lowest BCUT2D eigenvalue weighted by molar-refractivity contribution is 0.235. The Balaban J connectivity index is 2.49. The Bertz CT molecular complexity index is 330. The molecule has 0 atom stereocenters. The first-order valence-electron chi connectivity index (χ1n) is 4.24. The number of carbonyl (C=O) groups excluding carboxylic acids is 1. The summed E-state index contributed by atoms with van der Waals surface area (Å²) < 4.78 is 12.8. The number of hydrogen-bond donors (Lipinski definition) is 0. The van der Waals surface area contributed by atoms with E-state index in [0.717, 1.165) is 5.56 Å². The number of hydrogen-bond acceptors (Lipinski definition) is 1. The SMILES string of the molecule is CN(CCc1cccc(F)c1)C(=O)Br. The maximum absolute atomic E-state index is 12.8. The van der Waals surface area contributed by atoms with Gasteiger partial charge < -0.3 is 4.90 Å². The summed E-state index contributed by atoms with van der Waals surface area (Å²) in [4.78, 5) is 12.2. The predicted octanol–water partition coefficient (Wildman–Crippen LogP) is 2.81. The Morgan fingerprint density at radius 1 is 1.57 bits per heavy atom. The quantitative estimate of drug-likeness (QED) is 0.604. The van der Waals surface area contributed by atoms with Crippen LogP contribution in [0, 0.1) is 5.82 Å². The van der Waals surface area contributed by atoms with Crippen molar-refractivity contribution in [2.75, 3.05) is 13.6 Å². The highest BCUT2D eigenvalue weighted by atomic mass is 79.9. The van der Waals surface area contributed by atoms with Crippen molar-refractivity contribution >= 4 is 20.7 Å². The molecule has 0 saturated carbocycles. The van der Waals surface area contributed by atoms with Gasteiger partial charge in [0.15, 0.2) is 0 Å². The molecule has 0 unspecified atom stereocenters.